The van der Waals surface area contributed by atoms with Crippen LogP contribution in [0.3, 0.4) is 0 Å². The third-order valence-electron chi connectivity index (χ3n) is 16.0. The van der Waals surface area contributed by atoms with E-state index in [2.05, 4.69) is 297 Å². The summed E-state index contributed by atoms with van der Waals surface area (Å²) in [6.45, 7) is 0. The first-order valence-corrected chi connectivity index (χ1v) is 26.2. The van der Waals surface area contributed by atoms with Crippen LogP contribution in [-0.4, -0.2) is 18.3 Å². The summed E-state index contributed by atoms with van der Waals surface area (Å²) in [6.07, 6.45) is 0. The third-order valence-corrected chi connectivity index (χ3v) is 16.0. The Balaban J connectivity index is 0.936. The second-order valence-corrected chi connectivity index (χ2v) is 20.0. The van der Waals surface area contributed by atoms with E-state index >= 15 is 0 Å². The lowest BCUT2D eigenvalue weighted by Gasteiger charge is -2.23. The van der Waals surface area contributed by atoms with Crippen molar-refractivity contribution >= 4 is 87.2 Å². The van der Waals surface area contributed by atoms with Crippen LogP contribution in [0.2, 0.25) is 0 Å². The number of aromatic nitrogens is 4. The molecule has 4 heteroatoms. The van der Waals surface area contributed by atoms with E-state index in [1.807, 2.05) is 0 Å². The molecule has 4 nitrogen and oxygen atoms in total. The lowest BCUT2D eigenvalue weighted by molar-refractivity contribution is 1.15. The molecule has 4 aromatic heterocycles. The number of fused-ring (bicyclic) bond motifs is 12. The molecule has 16 aromatic rings. The lowest BCUT2D eigenvalue weighted by Crippen LogP contribution is -2.05. The summed E-state index contributed by atoms with van der Waals surface area (Å²) in [5.41, 5.74) is 20.9. The molecule has 0 amide bonds. The van der Waals surface area contributed by atoms with Gasteiger partial charge in [-0.15, -0.1) is 0 Å². The molecule has 0 saturated heterocycles. The number of hydrogen-bond acceptors (Lipinski definition) is 0. The summed E-state index contributed by atoms with van der Waals surface area (Å²) in [5, 5.41) is 9.85. The smallest absolute Gasteiger partial charge is 0.0620 e. The molecule has 0 N–H and O–H groups in total. The first-order valence-electron chi connectivity index (χ1n) is 26.2. The van der Waals surface area contributed by atoms with Crippen molar-refractivity contribution in [2.75, 3.05) is 0 Å². The number of hydrogen-bond donors (Lipinski definition) is 0. The fourth-order valence-corrected chi connectivity index (χ4v) is 12.8. The highest BCUT2D eigenvalue weighted by Crippen LogP contribution is 2.47. The Morgan fingerprint density at radius 1 is 0.184 bits per heavy atom. The average Bonchev–Trinajstić information content (AvgIpc) is 4.35. The van der Waals surface area contributed by atoms with Gasteiger partial charge < -0.3 is 18.3 Å². The number of nitrogens with zero attached hydrogens (tertiary/aromatic N) is 4. The van der Waals surface area contributed by atoms with Crippen LogP contribution in [0.25, 0.3) is 143 Å². The van der Waals surface area contributed by atoms with E-state index in [-0.39, 0.29) is 0 Å². The maximum Gasteiger partial charge on any atom is 0.0620 e. The van der Waals surface area contributed by atoms with E-state index < -0.39 is 0 Å². The van der Waals surface area contributed by atoms with Crippen LogP contribution in [0.1, 0.15) is 0 Å². The Morgan fingerprint density at radius 2 is 0.487 bits per heavy atom. The highest BCUT2D eigenvalue weighted by atomic mass is 15.0. The molecular weight excluding hydrogens is 921 g/mol. The zero-order chi connectivity index (χ0) is 49.8. The van der Waals surface area contributed by atoms with Crippen LogP contribution >= 0.6 is 0 Å². The minimum atomic E-state index is 1.12. The summed E-state index contributed by atoms with van der Waals surface area (Å²) in [4.78, 5) is 0. The Hall–Kier alpha value is -10.2. The monoisotopic (exact) mass is 966 g/mol. The number of para-hydroxylation sites is 10. The van der Waals surface area contributed by atoms with Gasteiger partial charge in [0.05, 0.1) is 61.2 Å². The predicted octanol–water partition coefficient (Wildman–Crippen LogP) is 19.1. The molecule has 0 bridgehead atoms. The number of rotatable bonds is 7. The largest absolute Gasteiger partial charge is 0.309 e. The van der Waals surface area contributed by atoms with E-state index in [1.54, 1.807) is 0 Å². The van der Waals surface area contributed by atoms with Crippen LogP contribution in [0, 0.1) is 0 Å². The molecule has 0 unspecified atom stereocenters. The van der Waals surface area contributed by atoms with Gasteiger partial charge in [-0.05, 0) is 96.1 Å². The van der Waals surface area contributed by atoms with Crippen LogP contribution in [0.5, 0.6) is 0 Å². The Morgan fingerprint density at radius 3 is 0.921 bits per heavy atom. The Labute approximate surface area is 438 Å². The minimum Gasteiger partial charge on any atom is -0.309 e. The van der Waals surface area contributed by atoms with Crippen molar-refractivity contribution in [3.8, 4) is 56.1 Å². The predicted molar refractivity (Wildman–Crippen MR) is 320 cm³/mol. The van der Waals surface area contributed by atoms with Crippen molar-refractivity contribution in [1.29, 1.82) is 0 Å². The molecule has 0 aliphatic heterocycles. The van der Waals surface area contributed by atoms with Crippen LogP contribution in [-0.2, 0) is 0 Å². The molecule has 0 saturated carbocycles. The molecule has 354 valence electrons. The van der Waals surface area contributed by atoms with E-state index in [0.29, 0.717) is 0 Å². The second-order valence-electron chi connectivity index (χ2n) is 20.0. The standard InChI is InChI=1S/C72H46N4/c1-2-21-49(22-3-1)73-62-33-12-10-29-56(62)60-45-47(41-43-70(60)73)48-42-44-71-61(46-48)57-30-11-17-38-67(57)75(71)66-37-16-9-28-55(66)59-32-20-31-58(72(59)76-68-39-18-6-25-52(68)53-26-7-19-40-69(53)76)54-27-8-15-36-65(54)74-63-34-13-4-23-50(63)51-24-5-14-35-64(51)74/h1-46H. The summed E-state index contributed by atoms with van der Waals surface area (Å²) < 4.78 is 9.87. The topological polar surface area (TPSA) is 19.7 Å². The quantitative estimate of drug-likeness (QED) is 0.152. The molecular formula is C72H46N4. The molecule has 0 aliphatic rings. The molecule has 0 aliphatic carbocycles. The maximum atomic E-state index is 2.53. The van der Waals surface area contributed by atoms with Crippen LogP contribution in [0.15, 0.2) is 279 Å². The molecule has 4 heterocycles. The fraction of sp³-hybridized carbons (Fsp3) is 0. The van der Waals surface area contributed by atoms with Crippen LogP contribution in [0.4, 0.5) is 0 Å². The van der Waals surface area contributed by atoms with E-state index in [9.17, 15) is 0 Å². The SMILES string of the molecule is c1ccc(-n2c3ccccc3c3cc(-c4ccc5c(c4)c4ccccc4n5-c4ccccc4-c4cccc(-c5ccccc5-n5c6ccccc6c6ccccc65)c4-n4c5ccccc5c5ccccc54)ccc32)cc1. The van der Waals surface area contributed by atoms with Crippen molar-refractivity contribution in [2.45, 2.75) is 0 Å². The lowest BCUT2D eigenvalue weighted by atomic mass is 9.93. The van der Waals surface area contributed by atoms with E-state index in [0.717, 1.165) is 67.1 Å². The Bertz CT molecular complexity index is 4900. The third kappa shape index (κ3) is 6.19. The van der Waals surface area contributed by atoms with Crippen molar-refractivity contribution in [1.82, 2.24) is 18.3 Å². The molecule has 0 atom stereocenters. The molecule has 12 aromatic carbocycles. The maximum absolute atomic E-state index is 2.53. The molecule has 16 rings (SSSR count). The highest BCUT2D eigenvalue weighted by molar-refractivity contribution is 6.15. The normalized spacial score (nSPS) is 11.9. The summed E-state index contributed by atoms with van der Waals surface area (Å²) in [5.74, 6) is 0. The van der Waals surface area contributed by atoms with E-state index in [4.69, 9.17) is 0 Å². The van der Waals surface area contributed by atoms with Gasteiger partial charge in [-0.2, -0.15) is 0 Å². The van der Waals surface area contributed by atoms with Crippen molar-refractivity contribution < 1.29 is 0 Å². The summed E-state index contributed by atoms with van der Waals surface area (Å²) in [7, 11) is 0. The van der Waals surface area contributed by atoms with Gasteiger partial charge in [-0.3, -0.25) is 0 Å². The zero-order valence-corrected chi connectivity index (χ0v) is 41.3. The van der Waals surface area contributed by atoms with Crippen molar-refractivity contribution in [3.63, 3.8) is 0 Å². The summed E-state index contributed by atoms with van der Waals surface area (Å²) >= 11 is 0. The molecule has 76 heavy (non-hydrogen) atoms. The first-order chi connectivity index (χ1) is 37.8. The van der Waals surface area contributed by atoms with Crippen LogP contribution < -0.4 is 0 Å². The molecule has 0 fully saturated rings. The van der Waals surface area contributed by atoms with Gasteiger partial charge in [-0.25, -0.2) is 0 Å². The zero-order valence-electron chi connectivity index (χ0n) is 41.3. The second kappa shape index (κ2) is 16.7. The minimum absolute atomic E-state index is 1.12. The van der Waals surface area contributed by atoms with Gasteiger partial charge in [-0.1, -0.05) is 194 Å². The van der Waals surface area contributed by atoms with Gasteiger partial charge in [0.15, 0.2) is 0 Å². The Kier molecular flexibility index (Phi) is 9.30. The fourth-order valence-electron chi connectivity index (χ4n) is 12.8. The van der Waals surface area contributed by atoms with Gasteiger partial charge in [0, 0.05) is 71.0 Å². The number of benzene rings is 12. The highest BCUT2D eigenvalue weighted by Gasteiger charge is 2.25. The van der Waals surface area contributed by atoms with Crippen molar-refractivity contribution in [2.24, 2.45) is 0 Å². The van der Waals surface area contributed by atoms with Gasteiger partial charge >= 0.3 is 0 Å². The molecule has 0 spiro atoms. The first kappa shape index (κ1) is 42.4. The van der Waals surface area contributed by atoms with Gasteiger partial charge in [0.25, 0.3) is 0 Å². The van der Waals surface area contributed by atoms with Gasteiger partial charge in [0.2, 0.25) is 0 Å². The van der Waals surface area contributed by atoms with Gasteiger partial charge in [0.1, 0.15) is 0 Å². The molecule has 0 radical (unpaired) electrons. The van der Waals surface area contributed by atoms with E-state index in [1.165, 1.54) is 76.3 Å². The average molecular weight is 967 g/mol. The van der Waals surface area contributed by atoms with Crippen molar-refractivity contribution in [3.05, 3.63) is 279 Å². The summed E-state index contributed by atoms with van der Waals surface area (Å²) in [6, 6.07) is 103.